The Morgan fingerprint density at radius 3 is 1.42 bits per heavy atom. The van der Waals surface area contributed by atoms with Gasteiger partial charge in [-0.15, -0.1) is 0 Å². The highest BCUT2D eigenvalue weighted by Crippen LogP contribution is 2.37. The summed E-state index contributed by atoms with van der Waals surface area (Å²) in [4.78, 5) is 71.4. The number of aromatic nitrogens is 8. The number of carbonyl (C=O) groups is 2. The van der Waals surface area contributed by atoms with E-state index < -0.39 is 0 Å². The SMILES string of the molecule is CC(C)C(NC1=NCCN1)C(=O)N1CCCC1c1ncc(-c2ccc(-c3ccc(-c4cnc([C@H]5NCCC5C)[nH]4)cc3)cc2)[nH]1.CC(C)CC(=O)N1CCCC1c1ncc(-c2ccc(-c3ccc(-c4cnc([C@@H]5CCCN5)[nH]4)cc3)cc2)[nH]1.NC1=NCCN1. The van der Waals surface area contributed by atoms with Crippen LogP contribution in [0.2, 0.25) is 0 Å². The summed E-state index contributed by atoms with van der Waals surface area (Å²) in [5.41, 5.74) is 18.3. The summed E-state index contributed by atoms with van der Waals surface area (Å²) < 4.78 is 0. The number of nitrogens with two attached hydrogens (primary N) is 1. The average Bonchev–Trinajstić information content (AvgIpc) is 3.26. The number of hydrogen-bond acceptors (Lipinski definition) is 14. The molecule has 4 aromatic carbocycles. The van der Waals surface area contributed by atoms with Crippen molar-refractivity contribution in [3.63, 3.8) is 0 Å². The minimum absolute atomic E-state index is 0.0492. The lowest BCUT2D eigenvalue weighted by Crippen LogP contribution is -2.53. The van der Waals surface area contributed by atoms with Crippen LogP contribution >= 0.6 is 0 Å². The van der Waals surface area contributed by atoms with E-state index in [1.54, 1.807) is 0 Å². The number of nitrogens with zero attached hydrogens (tertiary/aromatic N) is 8. The first-order valence-corrected chi connectivity index (χ1v) is 32.2. The molecule has 2 amide bonds. The third kappa shape index (κ3) is 14.2. The van der Waals surface area contributed by atoms with E-state index in [1.165, 1.54) is 24.0 Å². The lowest BCUT2D eigenvalue weighted by Gasteiger charge is -2.30. The second-order valence-corrected chi connectivity index (χ2v) is 25.1. The minimum Gasteiger partial charge on any atom is -0.370 e. The maximum Gasteiger partial charge on any atom is 0.246 e. The molecule has 6 aliphatic rings. The van der Waals surface area contributed by atoms with Crippen LogP contribution in [0.15, 0.2) is 132 Å². The summed E-state index contributed by atoms with van der Waals surface area (Å²) in [6, 6.07) is 34.7. The van der Waals surface area contributed by atoms with E-state index in [0.717, 1.165) is 170 Å². The fourth-order valence-corrected chi connectivity index (χ4v) is 13.0. The molecule has 14 rings (SSSR count). The van der Waals surface area contributed by atoms with Crippen LogP contribution in [-0.2, 0) is 9.59 Å². The highest BCUT2D eigenvalue weighted by Gasteiger charge is 2.38. The van der Waals surface area contributed by atoms with Gasteiger partial charge in [0.05, 0.1) is 84.8 Å². The summed E-state index contributed by atoms with van der Waals surface area (Å²) in [5, 5.41) is 16.5. The van der Waals surface area contributed by atoms with Gasteiger partial charge in [0.2, 0.25) is 11.8 Å². The first-order valence-electron chi connectivity index (χ1n) is 32.2. The van der Waals surface area contributed by atoms with Gasteiger partial charge >= 0.3 is 0 Å². The maximum atomic E-state index is 13.7. The Balaban J connectivity index is 0.000000160. The third-order valence-electron chi connectivity index (χ3n) is 18.0. The highest BCUT2D eigenvalue weighted by atomic mass is 16.2. The van der Waals surface area contributed by atoms with Gasteiger partial charge in [0.15, 0.2) is 11.9 Å². The molecule has 20 nitrogen and oxygen atoms in total. The number of imidazole rings is 4. The molecule has 8 aromatic rings. The zero-order valence-electron chi connectivity index (χ0n) is 52.0. The molecule has 4 fully saturated rings. The number of benzene rings is 4. The van der Waals surface area contributed by atoms with Gasteiger partial charge in [0, 0.05) is 32.6 Å². The molecule has 464 valence electrons. The first-order chi connectivity index (χ1) is 43.4. The number of nitrogens with one attached hydrogen (secondary N) is 9. The van der Waals surface area contributed by atoms with Gasteiger partial charge in [-0.25, -0.2) is 19.9 Å². The molecular weight excluding hydrogens is 1110 g/mol. The van der Waals surface area contributed by atoms with Gasteiger partial charge < -0.3 is 62.1 Å². The first kappa shape index (κ1) is 60.4. The second kappa shape index (κ2) is 27.7. The molecular formula is C69H86N18O2. The number of rotatable bonds is 15. The quantitative estimate of drug-likeness (QED) is 0.0460. The van der Waals surface area contributed by atoms with Crippen molar-refractivity contribution in [2.45, 2.75) is 116 Å². The lowest BCUT2D eigenvalue weighted by molar-refractivity contribution is -0.135. The van der Waals surface area contributed by atoms with E-state index in [2.05, 4.69) is 203 Å². The predicted octanol–water partition coefficient (Wildman–Crippen LogP) is 10.2. The zero-order chi connectivity index (χ0) is 61.4. The van der Waals surface area contributed by atoms with Crippen LogP contribution in [0.4, 0.5) is 0 Å². The number of aliphatic imine (C=N–C) groups is 2. The van der Waals surface area contributed by atoms with E-state index in [9.17, 15) is 9.59 Å². The number of H-pyrrole nitrogens is 4. The van der Waals surface area contributed by atoms with E-state index >= 15 is 0 Å². The molecule has 0 saturated carbocycles. The van der Waals surface area contributed by atoms with E-state index in [0.29, 0.717) is 36.3 Å². The van der Waals surface area contributed by atoms with Crippen LogP contribution in [0.25, 0.3) is 67.3 Å². The molecule has 0 spiro atoms. The molecule has 4 unspecified atom stereocenters. The maximum absolute atomic E-state index is 13.7. The Bertz CT molecular complexity index is 3700. The molecule has 0 aliphatic carbocycles. The van der Waals surface area contributed by atoms with Crippen LogP contribution < -0.4 is 32.3 Å². The zero-order valence-corrected chi connectivity index (χ0v) is 52.0. The summed E-state index contributed by atoms with van der Waals surface area (Å²) in [7, 11) is 0. The number of guanidine groups is 2. The molecule has 10 heterocycles. The topological polar surface area (TPSA) is 266 Å². The van der Waals surface area contributed by atoms with Crippen LogP contribution in [0.1, 0.15) is 133 Å². The molecule has 20 heteroatoms. The van der Waals surface area contributed by atoms with Crippen molar-refractivity contribution >= 4 is 23.7 Å². The Morgan fingerprint density at radius 1 is 0.528 bits per heavy atom. The largest absolute Gasteiger partial charge is 0.370 e. The number of hydrogen-bond donors (Lipinski definition) is 10. The van der Waals surface area contributed by atoms with Crippen molar-refractivity contribution in [2.24, 2.45) is 33.5 Å². The molecule has 4 aromatic heterocycles. The van der Waals surface area contributed by atoms with Crippen LogP contribution in [-0.4, -0.2) is 132 Å². The molecule has 0 bridgehead atoms. The van der Waals surface area contributed by atoms with Crippen molar-refractivity contribution in [1.82, 2.24) is 76.3 Å². The van der Waals surface area contributed by atoms with Gasteiger partial charge in [-0.05, 0) is 120 Å². The highest BCUT2D eigenvalue weighted by molar-refractivity contribution is 5.90. The molecule has 11 N–H and O–H groups in total. The number of aromatic amines is 4. The van der Waals surface area contributed by atoms with Gasteiger partial charge in [-0.1, -0.05) is 132 Å². The molecule has 6 atom stereocenters. The number of likely N-dealkylation sites (tertiary alicyclic amines) is 2. The fourth-order valence-electron chi connectivity index (χ4n) is 13.0. The molecule has 0 radical (unpaired) electrons. The summed E-state index contributed by atoms with van der Waals surface area (Å²) in [6.07, 6.45) is 15.6. The minimum atomic E-state index is -0.332. The van der Waals surface area contributed by atoms with Crippen LogP contribution in [0.5, 0.6) is 0 Å². The smallest absolute Gasteiger partial charge is 0.246 e. The number of carbonyl (C=O) groups excluding carboxylic acids is 2. The molecule has 4 saturated heterocycles. The number of amides is 2. The normalized spacial score (nSPS) is 20.8. The fraction of sp³-hybridized carbons (Fsp3) is 0.420. The predicted molar refractivity (Wildman–Crippen MR) is 352 cm³/mol. The Hall–Kier alpha value is -8.88. The van der Waals surface area contributed by atoms with E-state index in [1.807, 2.05) is 34.6 Å². The van der Waals surface area contributed by atoms with Crippen molar-refractivity contribution in [3.05, 3.63) is 145 Å². The van der Waals surface area contributed by atoms with E-state index in [-0.39, 0.29) is 35.9 Å². The summed E-state index contributed by atoms with van der Waals surface area (Å²) in [6.45, 7) is 17.6. The van der Waals surface area contributed by atoms with Crippen molar-refractivity contribution in [1.29, 1.82) is 0 Å². The summed E-state index contributed by atoms with van der Waals surface area (Å²) in [5.74, 6) is 6.50. The van der Waals surface area contributed by atoms with Crippen LogP contribution in [0.3, 0.4) is 0 Å². The molecule has 6 aliphatic heterocycles. The average molecular weight is 1200 g/mol. The van der Waals surface area contributed by atoms with Crippen molar-refractivity contribution in [3.8, 4) is 67.3 Å². The Morgan fingerprint density at radius 2 is 0.989 bits per heavy atom. The van der Waals surface area contributed by atoms with Gasteiger partial charge in [-0.3, -0.25) is 19.6 Å². The van der Waals surface area contributed by atoms with Gasteiger partial charge in [0.1, 0.15) is 29.3 Å². The second-order valence-electron chi connectivity index (χ2n) is 25.1. The third-order valence-corrected chi connectivity index (χ3v) is 18.0. The van der Waals surface area contributed by atoms with Gasteiger partial charge in [0.25, 0.3) is 0 Å². The molecule has 89 heavy (non-hydrogen) atoms. The lowest BCUT2D eigenvalue weighted by atomic mass is 10.0. The van der Waals surface area contributed by atoms with Gasteiger partial charge in [-0.2, -0.15) is 0 Å². The Labute approximate surface area is 521 Å². The standard InChI is InChI=1S/C35H43N9O.C31H36N6O.C3H7N3/c1-21(2)30(43-35-37-16-17-38-35)34(45)44-18-4-5-29(44)32-39-19-27(41-32)25-10-6-23(7-11-25)24-8-12-26(13-9-24)28-20-40-33(42-28)31-22(3)14-15-36-31;1-20(2)17-29(38)37-16-4-6-28(37)31-34-19-27(36-31)24-13-9-22(10-14-24)21-7-11-23(12-8-21)26-18-33-30(35-26)25-5-3-15-32-25;4-3-5-1-2-6-3/h6-13,19-22,29-31,36H,4-5,14-18H2,1-3H3,(H,39,41)(H,40,42)(H2,37,38,43);7-14,18-20,25,28,32H,3-6,15-17H2,1-2H3,(H,33,35)(H,34,36);1-2H2,(H3,4,5,6)/t22?,29?,30?,31-;25-,28?;/m00./s1. The van der Waals surface area contributed by atoms with Crippen LogP contribution in [0, 0.1) is 17.8 Å². The summed E-state index contributed by atoms with van der Waals surface area (Å²) >= 11 is 0. The Kier molecular flexibility index (Phi) is 18.8. The monoisotopic (exact) mass is 1200 g/mol. The van der Waals surface area contributed by atoms with Crippen molar-refractivity contribution in [2.75, 3.05) is 52.4 Å². The van der Waals surface area contributed by atoms with E-state index in [4.69, 9.17) is 10.7 Å². The van der Waals surface area contributed by atoms with Crippen molar-refractivity contribution < 1.29 is 9.59 Å².